The van der Waals surface area contributed by atoms with Gasteiger partial charge >= 0.3 is 5.97 Å². The van der Waals surface area contributed by atoms with E-state index in [9.17, 15) is 9.90 Å². The van der Waals surface area contributed by atoms with Crippen LogP contribution in [0.4, 0.5) is 5.82 Å². The Kier molecular flexibility index (Phi) is 4.31. The van der Waals surface area contributed by atoms with Crippen molar-refractivity contribution < 1.29 is 9.90 Å². The van der Waals surface area contributed by atoms with Gasteiger partial charge in [-0.15, -0.1) is 0 Å². The fraction of sp³-hybridized carbons (Fsp3) is 0.625. The lowest BCUT2D eigenvalue weighted by Gasteiger charge is -2.25. The molecule has 4 nitrogen and oxygen atoms in total. The highest BCUT2D eigenvalue weighted by molar-refractivity contribution is 5.88. The van der Waals surface area contributed by atoms with Crippen LogP contribution in [0.1, 0.15) is 68.9 Å². The summed E-state index contributed by atoms with van der Waals surface area (Å²) in [5.74, 6) is -0.202. The molecular weight excluding hydrogens is 252 g/mol. The molecule has 1 aliphatic carbocycles. The molecule has 1 saturated carbocycles. The van der Waals surface area contributed by atoms with Gasteiger partial charge in [-0.25, -0.2) is 9.78 Å². The summed E-state index contributed by atoms with van der Waals surface area (Å²) in [6, 6.07) is 3.74. The number of hydrogen-bond donors (Lipinski definition) is 2. The van der Waals surface area contributed by atoms with Gasteiger partial charge in [-0.3, -0.25) is 0 Å². The van der Waals surface area contributed by atoms with Crippen molar-refractivity contribution in [2.75, 3.05) is 5.32 Å². The molecule has 0 aromatic carbocycles. The fourth-order valence-corrected chi connectivity index (χ4v) is 2.57. The first-order valence-electron chi connectivity index (χ1n) is 7.38. The molecule has 1 heterocycles. The maximum absolute atomic E-state index is 11.3. The number of carbonyl (C=O) groups is 1. The zero-order chi connectivity index (χ0) is 14.8. The van der Waals surface area contributed by atoms with Crippen molar-refractivity contribution >= 4 is 11.8 Å². The van der Waals surface area contributed by atoms with E-state index in [1.807, 2.05) is 20.8 Å². The summed E-state index contributed by atoms with van der Waals surface area (Å²) in [5.41, 5.74) is 0.966. The number of aromatic nitrogens is 1. The van der Waals surface area contributed by atoms with Gasteiger partial charge in [-0.05, 0) is 25.0 Å². The highest BCUT2D eigenvalue weighted by atomic mass is 16.4. The van der Waals surface area contributed by atoms with E-state index in [4.69, 9.17) is 0 Å². The van der Waals surface area contributed by atoms with E-state index in [0.29, 0.717) is 17.4 Å². The van der Waals surface area contributed by atoms with Crippen molar-refractivity contribution in [3.05, 3.63) is 23.4 Å². The first-order valence-corrected chi connectivity index (χ1v) is 7.38. The Bertz CT molecular complexity index is 486. The Hall–Kier alpha value is -1.58. The standard InChI is InChI=1S/C16H24N2O2/c1-16(2,3)13-9-11(15(19)20)10-14(18-13)17-12-7-5-4-6-8-12/h9-10,12H,4-8H2,1-3H3,(H,17,18)(H,19,20). The average Bonchev–Trinajstić information content (AvgIpc) is 2.38. The van der Waals surface area contributed by atoms with Crippen LogP contribution in [0.2, 0.25) is 0 Å². The maximum Gasteiger partial charge on any atom is 0.335 e. The number of hydrogen-bond acceptors (Lipinski definition) is 3. The molecule has 0 bridgehead atoms. The summed E-state index contributed by atoms with van der Waals surface area (Å²) in [4.78, 5) is 15.9. The molecule has 0 atom stereocenters. The van der Waals surface area contributed by atoms with Gasteiger partial charge in [0.25, 0.3) is 0 Å². The van der Waals surface area contributed by atoms with Gasteiger partial charge < -0.3 is 10.4 Å². The number of carboxylic acids is 1. The van der Waals surface area contributed by atoms with Crippen LogP contribution in [-0.4, -0.2) is 22.1 Å². The van der Waals surface area contributed by atoms with Crippen molar-refractivity contribution in [1.82, 2.24) is 4.98 Å². The van der Waals surface area contributed by atoms with Crippen LogP contribution < -0.4 is 5.32 Å². The van der Waals surface area contributed by atoms with Crippen molar-refractivity contribution in [3.8, 4) is 0 Å². The first kappa shape index (κ1) is 14.8. The second-order valence-electron chi connectivity index (χ2n) is 6.66. The van der Waals surface area contributed by atoms with Crippen molar-refractivity contribution in [2.24, 2.45) is 0 Å². The van der Waals surface area contributed by atoms with E-state index in [0.717, 1.165) is 18.5 Å². The minimum atomic E-state index is -0.899. The molecule has 20 heavy (non-hydrogen) atoms. The molecular formula is C16H24N2O2. The topological polar surface area (TPSA) is 62.2 Å². The summed E-state index contributed by atoms with van der Waals surface area (Å²) < 4.78 is 0. The zero-order valence-corrected chi connectivity index (χ0v) is 12.6. The zero-order valence-electron chi connectivity index (χ0n) is 12.6. The third-order valence-corrected chi connectivity index (χ3v) is 3.80. The Morgan fingerprint density at radius 1 is 1.25 bits per heavy atom. The summed E-state index contributed by atoms with van der Waals surface area (Å²) >= 11 is 0. The van der Waals surface area contributed by atoms with Gasteiger partial charge in [0.2, 0.25) is 0 Å². The van der Waals surface area contributed by atoms with E-state index in [1.165, 1.54) is 19.3 Å². The van der Waals surface area contributed by atoms with Gasteiger partial charge in [0, 0.05) is 17.2 Å². The second-order valence-corrected chi connectivity index (χ2v) is 6.66. The molecule has 2 N–H and O–H groups in total. The van der Waals surface area contributed by atoms with Crippen LogP contribution in [0.15, 0.2) is 12.1 Å². The Labute approximate surface area is 120 Å². The van der Waals surface area contributed by atoms with Gasteiger partial charge in [0.1, 0.15) is 5.82 Å². The molecule has 110 valence electrons. The van der Waals surface area contributed by atoms with Crippen LogP contribution in [0.25, 0.3) is 0 Å². The number of anilines is 1. The minimum Gasteiger partial charge on any atom is -0.478 e. The quantitative estimate of drug-likeness (QED) is 0.881. The average molecular weight is 276 g/mol. The highest BCUT2D eigenvalue weighted by Gasteiger charge is 2.20. The first-order chi connectivity index (χ1) is 9.36. The highest BCUT2D eigenvalue weighted by Crippen LogP contribution is 2.26. The second kappa shape index (κ2) is 5.81. The lowest BCUT2D eigenvalue weighted by Crippen LogP contribution is -2.24. The summed E-state index contributed by atoms with van der Waals surface area (Å²) in [5, 5.41) is 12.7. The SMILES string of the molecule is CC(C)(C)c1cc(C(=O)O)cc(NC2CCCCC2)n1. The molecule has 0 radical (unpaired) electrons. The van der Waals surface area contributed by atoms with E-state index in [-0.39, 0.29) is 5.41 Å². The van der Waals surface area contributed by atoms with Crippen molar-refractivity contribution in [2.45, 2.75) is 64.3 Å². The molecule has 1 aromatic rings. The van der Waals surface area contributed by atoms with E-state index in [1.54, 1.807) is 12.1 Å². The van der Waals surface area contributed by atoms with Gasteiger partial charge in [-0.2, -0.15) is 0 Å². The largest absolute Gasteiger partial charge is 0.478 e. The predicted octanol–water partition coefficient (Wildman–Crippen LogP) is 3.82. The van der Waals surface area contributed by atoms with Crippen molar-refractivity contribution in [1.29, 1.82) is 0 Å². The molecule has 2 rings (SSSR count). The Balaban J connectivity index is 2.26. The molecule has 0 unspecified atom stereocenters. The Morgan fingerprint density at radius 3 is 2.45 bits per heavy atom. The molecule has 0 saturated heterocycles. The summed E-state index contributed by atoms with van der Waals surface area (Å²) in [7, 11) is 0. The lowest BCUT2D eigenvalue weighted by molar-refractivity contribution is 0.0696. The fourth-order valence-electron chi connectivity index (χ4n) is 2.57. The van der Waals surface area contributed by atoms with E-state index >= 15 is 0 Å². The smallest absolute Gasteiger partial charge is 0.335 e. The third kappa shape index (κ3) is 3.71. The van der Waals surface area contributed by atoms with Crippen LogP contribution in [0.3, 0.4) is 0 Å². The lowest BCUT2D eigenvalue weighted by atomic mass is 9.90. The van der Waals surface area contributed by atoms with Gasteiger partial charge in [0.15, 0.2) is 0 Å². The molecule has 1 aromatic heterocycles. The molecule has 0 spiro atoms. The van der Waals surface area contributed by atoms with E-state index < -0.39 is 5.97 Å². The minimum absolute atomic E-state index is 0.158. The van der Waals surface area contributed by atoms with Crippen LogP contribution in [0.5, 0.6) is 0 Å². The monoisotopic (exact) mass is 276 g/mol. The molecule has 4 heteroatoms. The number of nitrogens with one attached hydrogen (secondary N) is 1. The van der Waals surface area contributed by atoms with Crippen molar-refractivity contribution in [3.63, 3.8) is 0 Å². The van der Waals surface area contributed by atoms with E-state index in [2.05, 4.69) is 10.3 Å². The number of rotatable bonds is 3. The van der Waals surface area contributed by atoms with Gasteiger partial charge in [-0.1, -0.05) is 40.0 Å². The van der Waals surface area contributed by atoms with Crippen LogP contribution in [-0.2, 0) is 5.41 Å². The molecule has 0 aliphatic heterocycles. The molecule has 0 amide bonds. The van der Waals surface area contributed by atoms with Crippen LogP contribution in [0, 0.1) is 0 Å². The predicted molar refractivity (Wildman–Crippen MR) is 80.4 cm³/mol. The molecule has 1 fully saturated rings. The molecule has 1 aliphatic rings. The maximum atomic E-state index is 11.3. The third-order valence-electron chi connectivity index (χ3n) is 3.80. The van der Waals surface area contributed by atoms with Gasteiger partial charge in [0.05, 0.1) is 5.56 Å². The number of aromatic carboxylic acids is 1. The summed E-state index contributed by atoms with van der Waals surface area (Å²) in [6.07, 6.45) is 6.06. The van der Waals surface area contributed by atoms with Crippen LogP contribution >= 0.6 is 0 Å². The summed E-state index contributed by atoms with van der Waals surface area (Å²) in [6.45, 7) is 6.14. The number of pyridine rings is 1. The Morgan fingerprint density at radius 2 is 1.90 bits per heavy atom. The number of nitrogens with zero attached hydrogens (tertiary/aromatic N) is 1. The normalized spacial score (nSPS) is 16.9. The number of carboxylic acid groups (broad SMARTS) is 1.